The van der Waals surface area contributed by atoms with Gasteiger partial charge in [0.1, 0.15) is 0 Å². The highest BCUT2D eigenvalue weighted by atomic mass is 16.4. The lowest BCUT2D eigenvalue weighted by atomic mass is 10.1. The second-order valence-corrected chi connectivity index (χ2v) is 7.19. The van der Waals surface area contributed by atoms with Crippen LogP contribution in [0.25, 0.3) is 0 Å². The van der Waals surface area contributed by atoms with E-state index in [1.807, 2.05) is 0 Å². The van der Waals surface area contributed by atoms with Crippen LogP contribution in [-0.4, -0.2) is 28.7 Å². The van der Waals surface area contributed by atoms with E-state index in [1.54, 1.807) is 19.1 Å². The van der Waals surface area contributed by atoms with Gasteiger partial charge in [0, 0.05) is 22.9 Å². The molecule has 0 atom stereocenters. The van der Waals surface area contributed by atoms with E-state index in [1.165, 1.54) is 36.4 Å². The molecule has 41 heavy (non-hydrogen) atoms. The zero-order valence-corrected chi connectivity index (χ0v) is 21.4. The molecule has 0 unspecified atom stereocenters. The fraction of sp³-hybridized carbons (Fsp3) is 0.0588. The summed E-state index contributed by atoms with van der Waals surface area (Å²) in [5.41, 5.74) is 0.926. The van der Waals surface area contributed by atoms with Gasteiger partial charge in [-0.3, -0.25) is 14.4 Å². The van der Waals surface area contributed by atoms with E-state index in [4.69, 9.17) is 5.11 Å². The number of amides is 2. The van der Waals surface area contributed by atoms with Crippen molar-refractivity contribution < 1.29 is 24.3 Å². The quantitative estimate of drug-likeness (QED) is 0.301. The Hall–Kier alpha value is -7.00. The van der Waals surface area contributed by atoms with Crippen molar-refractivity contribution in [3.63, 3.8) is 0 Å². The number of rotatable bonds is 6. The molecule has 2 aromatic rings. The van der Waals surface area contributed by atoms with Gasteiger partial charge in [0.25, 0.3) is 0 Å². The van der Waals surface area contributed by atoms with E-state index in [9.17, 15) is 19.2 Å². The number of aromatic carboxylic acids is 1. The standard InChI is InChI=1S/C34H16N2O5/c1-2-3-4-5-6-7-8-9-10-11-12-13-14-15-16-20-32(38)36-30-19-17-18-28(25-30)31(37)26-33(39)35-29-23-21-27(22-24-29)34(40)41/h17-19,21-25H,26H2,1H3,(H,35,39)(H,36,38)(H,40,41). The SMILES string of the molecule is CC#CC#CC#CC#CC#CC#CC#CC#CC(=O)Nc1cccc(C(=O)CC(=O)Nc2ccc(C(=O)O)cc2)c1. The second kappa shape index (κ2) is 17.5. The van der Waals surface area contributed by atoms with Crippen molar-refractivity contribution in [1.82, 2.24) is 0 Å². The third-order valence-electron chi connectivity index (χ3n) is 4.29. The summed E-state index contributed by atoms with van der Waals surface area (Å²) in [5.74, 6) is 36.5. The van der Waals surface area contributed by atoms with Crippen molar-refractivity contribution in [1.29, 1.82) is 0 Å². The van der Waals surface area contributed by atoms with Gasteiger partial charge in [0.05, 0.1) is 12.0 Å². The Bertz CT molecular complexity index is 1890. The third-order valence-corrected chi connectivity index (χ3v) is 4.29. The zero-order chi connectivity index (χ0) is 29.7. The van der Waals surface area contributed by atoms with Crippen LogP contribution < -0.4 is 10.6 Å². The number of nitrogens with one attached hydrogen (secondary N) is 2. The van der Waals surface area contributed by atoms with Gasteiger partial charge in [0.15, 0.2) is 5.78 Å². The molecule has 0 aliphatic rings. The molecular weight excluding hydrogens is 516 g/mol. The number of carboxylic acids is 1. The van der Waals surface area contributed by atoms with Crippen molar-refractivity contribution in [3.05, 3.63) is 59.7 Å². The van der Waals surface area contributed by atoms with Crippen LogP contribution in [0.3, 0.4) is 0 Å². The Labute approximate surface area is 237 Å². The molecule has 0 bridgehead atoms. The smallest absolute Gasteiger partial charge is 0.335 e. The lowest BCUT2D eigenvalue weighted by Crippen LogP contribution is -2.17. The topological polar surface area (TPSA) is 113 Å². The second-order valence-electron chi connectivity index (χ2n) is 7.19. The van der Waals surface area contributed by atoms with Crippen LogP contribution in [0.5, 0.6) is 0 Å². The summed E-state index contributed by atoms with van der Waals surface area (Å²) in [6, 6.07) is 11.5. The average Bonchev–Trinajstić information content (AvgIpc) is 2.95. The summed E-state index contributed by atoms with van der Waals surface area (Å²) >= 11 is 0. The molecule has 0 radical (unpaired) electrons. The van der Waals surface area contributed by atoms with Crippen LogP contribution in [0.4, 0.5) is 11.4 Å². The number of carbonyl (C=O) groups excluding carboxylic acids is 3. The van der Waals surface area contributed by atoms with Crippen molar-refractivity contribution in [2.24, 2.45) is 0 Å². The number of hydrogen-bond donors (Lipinski definition) is 3. The van der Waals surface area contributed by atoms with Crippen molar-refractivity contribution in [3.8, 4) is 94.7 Å². The Balaban J connectivity index is 1.86. The largest absolute Gasteiger partial charge is 0.478 e. The highest BCUT2D eigenvalue weighted by Crippen LogP contribution is 2.14. The first-order valence-electron chi connectivity index (χ1n) is 11.4. The average molecular weight is 533 g/mol. The van der Waals surface area contributed by atoms with Gasteiger partial charge in [-0.2, -0.15) is 0 Å². The van der Waals surface area contributed by atoms with E-state index in [-0.39, 0.29) is 11.1 Å². The third kappa shape index (κ3) is 12.7. The van der Waals surface area contributed by atoms with Crippen LogP contribution in [0.1, 0.15) is 34.1 Å². The minimum absolute atomic E-state index is 0.0687. The molecule has 0 saturated heterocycles. The summed E-state index contributed by atoms with van der Waals surface area (Å²) in [6.07, 6.45) is -0.454. The molecule has 0 aromatic heterocycles. The Kier molecular flexibility index (Phi) is 12.9. The van der Waals surface area contributed by atoms with Gasteiger partial charge < -0.3 is 15.7 Å². The summed E-state index contributed by atoms with van der Waals surface area (Å²) in [7, 11) is 0. The van der Waals surface area contributed by atoms with E-state index < -0.39 is 30.0 Å². The normalized spacial score (nSPS) is 7.63. The minimum atomic E-state index is -1.09. The van der Waals surface area contributed by atoms with Crippen molar-refractivity contribution >= 4 is 34.9 Å². The number of Topliss-reactive ketones (excluding diaryl/α,β-unsaturated/α-hetero) is 1. The molecule has 7 nitrogen and oxygen atoms in total. The maximum absolute atomic E-state index is 12.5. The van der Waals surface area contributed by atoms with Crippen molar-refractivity contribution in [2.45, 2.75) is 13.3 Å². The predicted molar refractivity (Wildman–Crippen MR) is 154 cm³/mol. The molecule has 2 aromatic carbocycles. The number of hydrogen-bond acceptors (Lipinski definition) is 4. The lowest BCUT2D eigenvalue weighted by Gasteiger charge is -2.07. The minimum Gasteiger partial charge on any atom is -0.478 e. The molecule has 0 heterocycles. The number of carbonyl (C=O) groups is 4. The summed E-state index contributed by atoms with van der Waals surface area (Å²) < 4.78 is 0. The maximum atomic E-state index is 12.5. The van der Waals surface area contributed by atoms with E-state index >= 15 is 0 Å². The highest BCUT2D eigenvalue weighted by molar-refractivity contribution is 6.12. The summed E-state index contributed by atoms with van der Waals surface area (Å²) in [4.78, 5) is 47.7. The van der Waals surface area contributed by atoms with Crippen LogP contribution in [-0.2, 0) is 9.59 Å². The molecular formula is C34H16N2O5. The lowest BCUT2D eigenvalue weighted by molar-refractivity contribution is -0.115. The maximum Gasteiger partial charge on any atom is 0.335 e. The fourth-order valence-corrected chi connectivity index (χ4v) is 2.61. The van der Waals surface area contributed by atoms with E-state index in [2.05, 4.69) is 105 Å². The van der Waals surface area contributed by atoms with Crippen LogP contribution in [0, 0.1) is 94.7 Å². The Morgan fingerprint density at radius 2 is 1.17 bits per heavy atom. The highest BCUT2D eigenvalue weighted by Gasteiger charge is 2.13. The van der Waals surface area contributed by atoms with E-state index in [0.717, 1.165) is 0 Å². The van der Waals surface area contributed by atoms with Gasteiger partial charge in [-0.1, -0.05) is 18.1 Å². The molecule has 7 heteroatoms. The molecule has 0 aliphatic carbocycles. The molecule has 3 N–H and O–H groups in total. The van der Waals surface area contributed by atoms with Gasteiger partial charge in [-0.25, -0.2) is 4.79 Å². The monoisotopic (exact) mass is 532 g/mol. The molecule has 0 aliphatic heterocycles. The van der Waals surface area contributed by atoms with Crippen molar-refractivity contribution in [2.75, 3.05) is 10.6 Å². The number of carboxylic acid groups (broad SMARTS) is 1. The van der Waals surface area contributed by atoms with Gasteiger partial charge in [-0.15, -0.1) is 0 Å². The summed E-state index contributed by atoms with van der Waals surface area (Å²) in [5, 5.41) is 14.0. The van der Waals surface area contributed by atoms with E-state index in [0.29, 0.717) is 11.4 Å². The Morgan fingerprint density at radius 3 is 1.71 bits per heavy atom. The first-order chi connectivity index (χ1) is 19.9. The summed E-state index contributed by atoms with van der Waals surface area (Å²) in [6.45, 7) is 1.67. The molecule has 0 saturated carbocycles. The number of anilines is 2. The van der Waals surface area contributed by atoms with Crippen LogP contribution in [0.2, 0.25) is 0 Å². The fourth-order valence-electron chi connectivity index (χ4n) is 2.61. The molecule has 2 rings (SSSR count). The number of benzene rings is 2. The first kappa shape index (κ1) is 30.2. The molecule has 0 fully saturated rings. The van der Waals surface area contributed by atoms with Crippen LogP contribution in [0.15, 0.2) is 48.5 Å². The predicted octanol–water partition coefficient (Wildman–Crippen LogP) is 2.58. The zero-order valence-electron chi connectivity index (χ0n) is 21.4. The molecule has 2 amide bonds. The van der Waals surface area contributed by atoms with Crippen LogP contribution >= 0.6 is 0 Å². The van der Waals surface area contributed by atoms with Gasteiger partial charge in [0.2, 0.25) is 5.91 Å². The molecule has 192 valence electrons. The molecule has 0 spiro atoms. The number of ketones is 1. The Morgan fingerprint density at radius 1 is 0.634 bits per heavy atom. The van der Waals surface area contributed by atoms with Gasteiger partial charge in [-0.05, 0) is 126 Å². The first-order valence-corrected chi connectivity index (χ1v) is 11.4. The van der Waals surface area contributed by atoms with Gasteiger partial charge >= 0.3 is 11.9 Å².